The van der Waals surface area contributed by atoms with Crippen LogP contribution >= 0.6 is 0 Å². The molecule has 0 saturated heterocycles. The molecule has 2 aromatic carbocycles. The molecule has 0 bridgehead atoms. The highest BCUT2D eigenvalue weighted by Gasteiger charge is 2.27. The number of fused-ring (bicyclic) bond motifs is 3. The summed E-state index contributed by atoms with van der Waals surface area (Å²) < 4.78 is 13.7. The summed E-state index contributed by atoms with van der Waals surface area (Å²) in [7, 11) is 0. The molecule has 4 rings (SSSR count). The van der Waals surface area contributed by atoms with E-state index in [-0.39, 0.29) is 17.2 Å². The van der Waals surface area contributed by atoms with Crippen LogP contribution in [-0.2, 0) is 11.2 Å². The summed E-state index contributed by atoms with van der Waals surface area (Å²) in [6.45, 7) is 0.534. The van der Waals surface area contributed by atoms with Crippen molar-refractivity contribution in [2.24, 2.45) is 0 Å². The minimum Gasteiger partial charge on any atom is -0.507 e. The monoisotopic (exact) mass is 322 g/mol. The number of aliphatic hydroxyl groups is 1. The molecule has 0 aliphatic carbocycles. The molecular weight excluding hydrogens is 307 g/mol. The Morgan fingerprint density at radius 3 is 2.75 bits per heavy atom. The number of anilines is 1. The van der Waals surface area contributed by atoms with Crippen LogP contribution in [0.15, 0.2) is 54.6 Å². The third-order valence-corrected chi connectivity index (χ3v) is 4.32. The first kappa shape index (κ1) is 14.5. The molecule has 0 atom stereocenters. The highest BCUT2D eigenvalue weighted by molar-refractivity contribution is 6.07. The number of hydrogen-bond donors (Lipinski definition) is 2. The van der Waals surface area contributed by atoms with Gasteiger partial charge in [-0.05, 0) is 24.6 Å². The van der Waals surface area contributed by atoms with E-state index in [1.807, 2.05) is 24.3 Å². The molecule has 1 aliphatic rings. The van der Waals surface area contributed by atoms with Gasteiger partial charge in [0.25, 0.3) is 5.91 Å². The Labute approximate surface area is 137 Å². The second-order valence-corrected chi connectivity index (χ2v) is 5.75. The summed E-state index contributed by atoms with van der Waals surface area (Å²) in [5.74, 6) is -0.561. The number of aliphatic hydroxyl groups excluding tert-OH is 1. The maximum absolute atomic E-state index is 13.7. The fourth-order valence-electron chi connectivity index (χ4n) is 3.17. The molecule has 0 unspecified atom stereocenters. The van der Waals surface area contributed by atoms with Gasteiger partial charge in [0, 0.05) is 29.1 Å². The second-order valence-electron chi connectivity index (χ2n) is 5.75. The molecule has 24 heavy (non-hydrogen) atoms. The molecule has 4 nitrogen and oxygen atoms in total. The highest BCUT2D eigenvalue weighted by atomic mass is 19.1. The fraction of sp³-hybridized carbons (Fsp3) is 0.105. The van der Waals surface area contributed by atoms with E-state index < -0.39 is 5.82 Å². The van der Waals surface area contributed by atoms with Gasteiger partial charge < -0.3 is 10.1 Å². The predicted octanol–water partition coefficient (Wildman–Crippen LogP) is 3.80. The molecular formula is C19H15FN2O2. The van der Waals surface area contributed by atoms with Crippen LogP contribution < -0.4 is 4.90 Å². The van der Waals surface area contributed by atoms with Crippen molar-refractivity contribution in [2.75, 3.05) is 11.4 Å². The Kier molecular flexibility index (Phi) is 3.34. The number of carbonyl (C=O) groups excluding carboxylic acids is 1. The van der Waals surface area contributed by atoms with Crippen LogP contribution in [0.2, 0.25) is 0 Å². The normalized spacial score (nSPS) is 14.2. The smallest absolute Gasteiger partial charge is 0.255 e. The van der Waals surface area contributed by atoms with Crippen molar-refractivity contribution in [3.8, 4) is 0 Å². The zero-order valence-corrected chi connectivity index (χ0v) is 12.8. The molecule has 0 spiro atoms. The van der Waals surface area contributed by atoms with Crippen LogP contribution in [0.1, 0.15) is 11.1 Å². The van der Waals surface area contributed by atoms with Gasteiger partial charge >= 0.3 is 0 Å². The second kappa shape index (κ2) is 5.53. The molecule has 2 N–H and O–H groups in total. The van der Waals surface area contributed by atoms with Crippen LogP contribution in [0.5, 0.6) is 0 Å². The number of nitrogens with one attached hydrogen (secondary N) is 1. The number of aromatic nitrogens is 1. The van der Waals surface area contributed by atoms with Crippen LogP contribution in [0.4, 0.5) is 10.2 Å². The molecule has 1 aliphatic heterocycles. The lowest BCUT2D eigenvalue weighted by Crippen LogP contribution is -2.27. The molecule has 0 saturated carbocycles. The number of amides is 1. The van der Waals surface area contributed by atoms with Crippen LogP contribution in [0, 0.1) is 5.82 Å². The van der Waals surface area contributed by atoms with E-state index in [0.29, 0.717) is 6.54 Å². The van der Waals surface area contributed by atoms with E-state index in [2.05, 4.69) is 4.98 Å². The minimum absolute atomic E-state index is 0.0157. The molecule has 0 fully saturated rings. The van der Waals surface area contributed by atoms with Crippen LogP contribution in [0.3, 0.4) is 0 Å². The van der Waals surface area contributed by atoms with Gasteiger partial charge in [-0.2, -0.15) is 0 Å². The standard InChI is InChI=1S/C19H15FN2O2/c20-15-7-3-1-6-14(15)17(23)11-18(24)22-10-9-13-12-5-2-4-8-16(12)21-19(13)22/h1-8,11,21,23H,9-10H2/b17-11-. The number of benzene rings is 2. The van der Waals surface area contributed by atoms with E-state index in [4.69, 9.17) is 0 Å². The topological polar surface area (TPSA) is 56.3 Å². The summed E-state index contributed by atoms with van der Waals surface area (Å²) in [4.78, 5) is 17.4. The molecule has 120 valence electrons. The van der Waals surface area contributed by atoms with Crippen molar-refractivity contribution in [3.05, 3.63) is 71.6 Å². The number of nitrogens with zero attached hydrogens (tertiary/aromatic N) is 1. The van der Waals surface area contributed by atoms with E-state index >= 15 is 0 Å². The number of aromatic amines is 1. The average Bonchev–Trinajstić information content (AvgIpc) is 3.14. The Morgan fingerprint density at radius 1 is 1.17 bits per heavy atom. The van der Waals surface area contributed by atoms with Gasteiger partial charge in [-0.3, -0.25) is 9.69 Å². The zero-order chi connectivity index (χ0) is 16.7. The first-order valence-electron chi connectivity index (χ1n) is 7.72. The highest BCUT2D eigenvalue weighted by Crippen LogP contribution is 2.34. The zero-order valence-electron chi connectivity index (χ0n) is 12.8. The van der Waals surface area contributed by atoms with E-state index in [9.17, 15) is 14.3 Å². The Bertz CT molecular complexity index is 974. The largest absolute Gasteiger partial charge is 0.507 e. The number of halogens is 1. The lowest BCUT2D eigenvalue weighted by Gasteiger charge is -2.14. The van der Waals surface area contributed by atoms with Crippen molar-refractivity contribution < 1.29 is 14.3 Å². The summed E-state index contributed by atoms with van der Waals surface area (Å²) in [5, 5.41) is 11.2. The number of carbonyl (C=O) groups is 1. The van der Waals surface area contributed by atoms with Crippen molar-refractivity contribution >= 4 is 28.4 Å². The number of H-pyrrole nitrogens is 1. The molecule has 2 heterocycles. The minimum atomic E-state index is -0.563. The maximum Gasteiger partial charge on any atom is 0.255 e. The maximum atomic E-state index is 13.7. The summed E-state index contributed by atoms with van der Waals surface area (Å²) >= 11 is 0. The fourth-order valence-corrected chi connectivity index (χ4v) is 3.17. The quantitative estimate of drug-likeness (QED) is 0.557. The Balaban J connectivity index is 1.68. The third kappa shape index (κ3) is 2.25. The number of para-hydroxylation sites is 1. The predicted molar refractivity (Wildman–Crippen MR) is 91.4 cm³/mol. The Hall–Kier alpha value is -3.08. The van der Waals surface area contributed by atoms with Crippen LogP contribution in [0.25, 0.3) is 16.7 Å². The molecule has 0 radical (unpaired) electrons. The van der Waals surface area contributed by atoms with Gasteiger partial charge in [0.1, 0.15) is 17.4 Å². The molecule has 1 amide bonds. The third-order valence-electron chi connectivity index (χ3n) is 4.32. The number of rotatable bonds is 2. The van der Waals surface area contributed by atoms with Gasteiger partial charge in [-0.15, -0.1) is 0 Å². The van der Waals surface area contributed by atoms with Crippen molar-refractivity contribution in [3.63, 3.8) is 0 Å². The van der Waals surface area contributed by atoms with Gasteiger partial charge in [0.05, 0.1) is 5.56 Å². The average molecular weight is 322 g/mol. The van der Waals surface area contributed by atoms with Crippen molar-refractivity contribution in [1.82, 2.24) is 4.98 Å². The SMILES string of the molecule is O=C(/C=C(\O)c1ccccc1F)N1CCc2c1[nH]c1ccccc21. The Morgan fingerprint density at radius 2 is 1.92 bits per heavy atom. The van der Waals surface area contributed by atoms with Gasteiger partial charge in [0.2, 0.25) is 0 Å². The number of hydrogen-bond acceptors (Lipinski definition) is 2. The molecule has 3 aromatic rings. The first-order valence-corrected chi connectivity index (χ1v) is 7.72. The van der Waals surface area contributed by atoms with Gasteiger partial charge in [-0.1, -0.05) is 30.3 Å². The van der Waals surface area contributed by atoms with E-state index in [1.54, 1.807) is 11.0 Å². The first-order chi connectivity index (χ1) is 11.6. The van der Waals surface area contributed by atoms with Gasteiger partial charge in [-0.25, -0.2) is 4.39 Å². The molecule has 1 aromatic heterocycles. The van der Waals surface area contributed by atoms with Crippen LogP contribution in [-0.4, -0.2) is 22.5 Å². The summed E-state index contributed by atoms with van der Waals surface area (Å²) in [6, 6.07) is 13.7. The van der Waals surface area contributed by atoms with E-state index in [1.165, 1.54) is 18.2 Å². The lowest BCUT2D eigenvalue weighted by atomic mass is 10.1. The van der Waals surface area contributed by atoms with E-state index in [0.717, 1.165) is 34.8 Å². The summed E-state index contributed by atoms with van der Waals surface area (Å²) in [6.07, 6.45) is 1.82. The summed E-state index contributed by atoms with van der Waals surface area (Å²) in [5.41, 5.74) is 2.09. The lowest BCUT2D eigenvalue weighted by molar-refractivity contribution is -0.114. The molecule has 5 heteroatoms. The van der Waals surface area contributed by atoms with Crippen molar-refractivity contribution in [1.29, 1.82) is 0 Å². The van der Waals surface area contributed by atoms with Gasteiger partial charge in [0.15, 0.2) is 0 Å². The van der Waals surface area contributed by atoms with Crippen molar-refractivity contribution in [2.45, 2.75) is 6.42 Å².